The van der Waals surface area contributed by atoms with Crippen LogP contribution in [0.1, 0.15) is 30.4 Å². The van der Waals surface area contributed by atoms with Crippen LogP contribution in [0.5, 0.6) is 11.5 Å². The van der Waals surface area contributed by atoms with Crippen molar-refractivity contribution in [3.05, 3.63) is 59.7 Å². The van der Waals surface area contributed by atoms with Gasteiger partial charge in [-0.3, -0.25) is 4.79 Å². The van der Waals surface area contributed by atoms with E-state index in [1.165, 1.54) is 0 Å². The SMILES string of the molecule is CC#CC(CC(=O)O)c1ccc(OCCOc2cccc(C)c2)cc1. The average molecular weight is 338 g/mol. The molecular weight excluding hydrogens is 316 g/mol. The van der Waals surface area contributed by atoms with Gasteiger partial charge in [0.15, 0.2) is 0 Å². The van der Waals surface area contributed by atoms with Gasteiger partial charge in [-0.25, -0.2) is 0 Å². The van der Waals surface area contributed by atoms with Crippen LogP contribution in [0.15, 0.2) is 48.5 Å². The summed E-state index contributed by atoms with van der Waals surface area (Å²) < 4.78 is 11.3. The molecule has 2 rings (SSSR count). The molecule has 2 aromatic carbocycles. The van der Waals surface area contributed by atoms with E-state index in [4.69, 9.17) is 14.6 Å². The second-order valence-electron chi connectivity index (χ2n) is 5.63. The Hall–Kier alpha value is -2.93. The van der Waals surface area contributed by atoms with Crippen LogP contribution in [0.4, 0.5) is 0 Å². The Labute approximate surface area is 148 Å². The first-order valence-electron chi connectivity index (χ1n) is 8.15. The number of carbonyl (C=O) groups is 1. The van der Waals surface area contributed by atoms with Gasteiger partial charge >= 0.3 is 5.97 Å². The van der Waals surface area contributed by atoms with Crippen molar-refractivity contribution in [2.45, 2.75) is 26.2 Å². The number of aliphatic carboxylic acids is 1. The van der Waals surface area contributed by atoms with Crippen LogP contribution >= 0.6 is 0 Å². The number of hydrogen-bond acceptors (Lipinski definition) is 3. The number of ether oxygens (including phenoxy) is 2. The molecule has 0 saturated carbocycles. The van der Waals surface area contributed by atoms with Gasteiger partial charge in [0.05, 0.1) is 12.3 Å². The Morgan fingerprint density at radius 1 is 1.08 bits per heavy atom. The minimum atomic E-state index is -0.860. The molecule has 130 valence electrons. The quantitative estimate of drug-likeness (QED) is 0.583. The number of aryl methyl sites for hydroxylation is 1. The standard InChI is InChI=1S/C21H22O4/c1-3-5-18(15-21(22)23)17-8-10-19(11-9-17)24-12-13-25-20-7-4-6-16(2)14-20/h4,6-11,14,18H,12-13,15H2,1-2H3,(H,22,23). The second kappa shape index (κ2) is 9.39. The van der Waals surface area contributed by atoms with Crippen LogP contribution in [0.2, 0.25) is 0 Å². The Kier molecular flexibility index (Phi) is 6.91. The highest BCUT2D eigenvalue weighted by Gasteiger charge is 2.13. The Balaban J connectivity index is 1.85. The molecule has 0 amide bonds. The van der Waals surface area contributed by atoms with Crippen molar-refractivity contribution >= 4 is 5.97 Å². The molecule has 4 heteroatoms. The molecule has 1 N–H and O–H groups in total. The topological polar surface area (TPSA) is 55.8 Å². The maximum absolute atomic E-state index is 10.9. The van der Waals surface area contributed by atoms with Crippen LogP contribution in [0.25, 0.3) is 0 Å². The highest BCUT2D eigenvalue weighted by atomic mass is 16.5. The van der Waals surface area contributed by atoms with Crippen molar-refractivity contribution in [1.29, 1.82) is 0 Å². The van der Waals surface area contributed by atoms with E-state index in [1.54, 1.807) is 6.92 Å². The molecule has 0 heterocycles. The summed E-state index contributed by atoms with van der Waals surface area (Å²) in [5.41, 5.74) is 2.03. The molecule has 0 bridgehead atoms. The molecule has 1 unspecified atom stereocenters. The predicted molar refractivity (Wildman–Crippen MR) is 97.1 cm³/mol. The van der Waals surface area contributed by atoms with E-state index >= 15 is 0 Å². The maximum Gasteiger partial charge on any atom is 0.304 e. The van der Waals surface area contributed by atoms with Crippen LogP contribution in [-0.4, -0.2) is 24.3 Å². The van der Waals surface area contributed by atoms with Gasteiger partial charge in [-0.1, -0.05) is 30.2 Å². The van der Waals surface area contributed by atoms with Crippen molar-refractivity contribution in [3.8, 4) is 23.3 Å². The molecule has 0 aromatic heterocycles. The van der Waals surface area contributed by atoms with Gasteiger partial charge in [0.25, 0.3) is 0 Å². The molecule has 0 fully saturated rings. The van der Waals surface area contributed by atoms with Crippen molar-refractivity contribution in [2.24, 2.45) is 0 Å². The maximum atomic E-state index is 10.9. The van der Waals surface area contributed by atoms with E-state index in [0.29, 0.717) is 13.2 Å². The molecule has 0 aliphatic rings. The normalized spacial score (nSPS) is 11.1. The Morgan fingerprint density at radius 2 is 1.76 bits per heavy atom. The lowest BCUT2D eigenvalue weighted by molar-refractivity contribution is -0.137. The van der Waals surface area contributed by atoms with Crippen LogP contribution in [0.3, 0.4) is 0 Å². The van der Waals surface area contributed by atoms with Gasteiger partial charge in [-0.05, 0) is 49.2 Å². The average Bonchev–Trinajstić information content (AvgIpc) is 2.59. The van der Waals surface area contributed by atoms with Gasteiger partial charge in [0, 0.05) is 0 Å². The molecule has 2 aromatic rings. The number of carboxylic acids is 1. The zero-order valence-corrected chi connectivity index (χ0v) is 14.5. The first kappa shape index (κ1) is 18.4. The summed E-state index contributed by atoms with van der Waals surface area (Å²) in [6.45, 7) is 4.61. The molecular formula is C21H22O4. The van der Waals surface area contributed by atoms with Crippen molar-refractivity contribution in [3.63, 3.8) is 0 Å². The monoisotopic (exact) mass is 338 g/mol. The molecule has 25 heavy (non-hydrogen) atoms. The smallest absolute Gasteiger partial charge is 0.304 e. The summed E-state index contributed by atoms with van der Waals surface area (Å²) in [6.07, 6.45) is -0.00856. The summed E-state index contributed by atoms with van der Waals surface area (Å²) in [6, 6.07) is 15.2. The Bertz CT molecular complexity index is 753. The van der Waals surface area contributed by atoms with E-state index in [9.17, 15) is 4.79 Å². The number of carboxylic acid groups (broad SMARTS) is 1. The summed E-state index contributed by atoms with van der Waals surface area (Å²) in [4.78, 5) is 10.9. The minimum Gasteiger partial charge on any atom is -0.490 e. The number of benzene rings is 2. The second-order valence-corrected chi connectivity index (χ2v) is 5.63. The van der Waals surface area contributed by atoms with E-state index in [-0.39, 0.29) is 12.3 Å². The molecule has 0 spiro atoms. The first-order chi connectivity index (χ1) is 12.1. The molecule has 1 atom stereocenters. The fraction of sp³-hybridized carbons (Fsp3) is 0.286. The number of rotatable bonds is 8. The fourth-order valence-corrected chi connectivity index (χ4v) is 2.42. The largest absolute Gasteiger partial charge is 0.490 e. The van der Waals surface area contributed by atoms with E-state index in [2.05, 4.69) is 11.8 Å². The summed E-state index contributed by atoms with van der Waals surface area (Å²) >= 11 is 0. The van der Waals surface area contributed by atoms with E-state index < -0.39 is 5.97 Å². The lowest BCUT2D eigenvalue weighted by Gasteiger charge is -2.11. The van der Waals surface area contributed by atoms with Crippen LogP contribution in [-0.2, 0) is 4.79 Å². The first-order valence-corrected chi connectivity index (χ1v) is 8.15. The third kappa shape index (κ3) is 6.23. The summed E-state index contributed by atoms with van der Waals surface area (Å²) in [7, 11) is 0. The number of hydrogen-bond donors (Lipinski definition) is 1. The lowest BCUT2D eigenvalue weighted by Crippen LogP contribution is -2.09. The zero-order chi connectivity index (χ0) is 18.1. The van der Waals surface area contributed by atoms with Crippen molar-refractivity contribution < 1.29 is 19.4 Å². The molecule has 0 saturated heterocycles. The van der Waals surface area contributed by atoms with Gasteiger partial charge in [0.2, 0.25) is 0 Å². The molecule has 0 aliphatic carbocycles. The minimum absolute atomic E-state index is 0.00856. The van der Waals surface area contributed by atoms with E-state index in [0.717, 1.165) is 22.6 Å². The summed E-state index contributed by atoms with van der Waals surface area (Å²) in [5.74, 6) is 6.10. The zero-order valence-electron chi connectivity index (χ0n) is 14.5. The fourth-order valence-electron chi connectivity index (χ4n) is 2.42. The van der Waals surface area contributed by atoms with Crippen LogP contribution < -0.4 is 9.47 Å². The molecule has 4 nitrogen and oxygen atoms in total. The highest BCUT2D eigenvalue weighted by Crippen LogP contribution is 2.22. The van der Waals surface area contributed by atoms with Crippen molar-refractivity contribution in [1.82, 2.24) is 0 Å². The van der Waals surface area contributed by atoms with Crippen LogP contribution in [0, 0.1) is 18.8 Å². The van der Waals surface area contributed by atoms with Crippen molar-refractivity contribution in [2.75, 3.05) is 13.2 Å². The van der Waals surface area contributed by atoms with Gasteiger partial charge in [-0.15, -0.1) is 5.92 Å². The molecule has 0 aliphatic heterocycles. The highest BCUT2D eigenvalue weighted by molar-refractivity contribution is 5.69. The van der Waals surface area contributed by atoms with Gasteiger partial charge in [-0.2, -0.15) is 0 Å². The summed E-state index contributed by atoms with van der Waals surface area (Å²) in [5, 5.41) is 8.97. The lowest BCUT2D eigenvalue weighted by atomic mass is 9.96. The predicted octanol–water partition coefficient (Wildman–Crippen LogP) is 4.03. The van der Waals surface area contributed by atoms with E-state index in [1.807, 2.05) is 55.5 Å². The Morgan fingerprint density at radius 3 is 2.36 bits per heavy atom. The van der Waals surface area contributed by atoms with Gasteiger partial charge < -0.3 is 14.6 Å². The third-order valence-corrected chi connectivity index (χ3v) is 3.59. The molecule has 0 radical (unpaired) electrons. The third-order valence-electron chi connectivity index (χ3n) is 3.59. The van der Waals surface area contributed by atoms with Gasteiger partial charge in [0.1, 0.15) is 24.7 Å².